The van der Waals surface area contributed by atoms with E-state index in [1.807, 2.05) is 0 Å². The van der Waals surface area contributed by atoms with E-state index in [9.17, 15) is 0 Å². The lowest BCUT2D eigenvalue weighted by Gasteiger charge is -2.33. The van der Waals surface area contributed by atoms with Crippen LogP contribution in [0.25, 0.3) is 0 Å². The first-order chi connectivity index (χ1) is 5.90. The van der Waals surface area contributed by atoms with Gasteiger partial charge in [-0.25, -0.2) is 0 Å². The largest absolute Gasteiger partial charge is 0.395 e. The maximum atomic E-state index is 9.03. The van der Waals surface area contributed by atoms with Crippen molar-refractivity contribution in [3.63, 3.8) is 0 Å². The predicted octanol–water partition coefficient (Wildman–Crippen LogP) is -0.922. The van der Waals surface area contributed by atoms with Crippen LogP contribution in [0.5, 0.6) is 0 Å². The summed E-state index contributed by atoms with van der Waals surface area (Å²) in [5.41, 5.74) is 0. The Morgan fingerprint density at radius 1 is 1.42 bits per heavy atom. The first kappa shape index (κ1) is 8.44. The average Bonchev–Trinajstić information content (AvgIpc) is 2.89. The van der Waals surface area contributed by atoms with Crippen LogP contribution in [0.2, 0.25) is 0 Å². The molecular weight excluding hydrogens is 158 g/mol. The van der Waals surface area contributed by atoms with E-state index in [1.165, 1.54) is 0 Å². The lowest BCUT2D eigenvalue weighted by atomic mass is 10.2. The van der Waals surface area contributed by atoms with Crippen molar-refractivity contribution >= 4 is 0 Å². The summed E-state index contributed by atoms with van der Waals surface area (Å²) in [5, 5.41) is 9.03. The molecule has 1 N–H and O–H groups in total. The van der Waals surface area contributed by atoms with Gasteiger partial charge in [0.15, 0.2) is 0 Å². The van der Waals surface area contributed by atoms with Crippen molar-refractivity contribution in [1.82, 2.24) is 4.90 Å². The van der Waals surface area contributed by atoms with E-state index in [2.05, 4.69) is 4.90 Å². The van der Waals surface area contributed by atoms with Crippen LogP contribution in [-0.4, -0.2) is 61.7 Å². The van der Waals surface area contributed by atoms with Gasteiger partial charge in [-0.1, -0.05) is 0 Å². The maximum Gasteiger partial charge on any atom is 0.0936 e. The fourth-order valence-corrected chi connectivity index (χ4v) is 1.53. The highest BCUT2D eigenvalue weighted by Gasteiger charge is 2.30. The van der Waals surface area contributed by atoms with Gasteiger partial charge in [0.25, 0.3) is 0 Å². The zero-order chi connectivity index (χ0) is 8.39. The highest BCUT2D eigenvalue weighted by atomic mass is 16.6. The third-order valence-corrected chi connectivity index (χ3v) is 2.40. The average molecular weight is 173 g/mol. The number of ether oxygens (including phenoxy) is 2. The molecule has 2 heterocycles. The Kier molecular flexibility index (Phi) is 2.60. The number of hydrogen-bond acceptors (Lipinski definition) is 4. The molecular formula is C8H15NO3. The fraction of sp³-hybridized carbons (Fsp3) is 1.00. The third kappa shape index (κ3) is 1.95. The minimum absolute atomic E-state index is 0.183. The summed E-state index contributed by atoms with van der Waals surface area (Å²) in [4.78, 5) is 2.25. The lowest BCUT2D eigenvalue weighted by Crippen LogP contribution is -2.48. The molecule has 0 spiro atoms. The van der Waals surface area contributed by atoms with Gasteiger partial charge in [-0.05, 0) is 0 Å². The Hall–Kier alpha value is -0.160. The number of aliphatic hydroxyl groups is 1. The first-order valence-corrected chi connectivity index (χ1v) is 4.44. The highest BCUT2D eigenvalue weighted by Crippen LogP contribution is 2.14. The number of epoxide rings is 1. The van der Waals surface area contributed by atoms with Gasteiger partial charge in [0, 0.05) is 13.1 Å². The second kappa shape index (κ2) is 3.70. The normalized spacial score (nSPS) is 36.8. The van der Waals surface area contributed by atoms with E-state index in [4.69, 9.17) is 14.6 Å². The van der Waals surface area contributed by atoms with Gasteiger partial charge < -0.3 is 14.6 Å². The Morgan fingerprint density at radius 3 is 2.92 bits per heavy atom. The van der Waals surface area contributed by atoms with Gasteiger partial charge >= 0.3 is 0 Å². The molecule has 2 aliphatic rings. The molecule has 0 amide bonds. The van der Waals surface area contributed by atoms with Crippen LogP contribution in [0.1, 0.15) is 0 Å². The van der Waals surface area contributed by atoms with Crippen molar-refractivity contribution in [3.05, 3.63) is 0 Å². The van der Waals surface area contributed by atoms with Gasteiger partial charge in [-0.2, -0.15) is 0 Å². The standard InChI is InChI=1S/C8H15NO3/c10-4-7-5-11-2-1-9(7)3-8-6-12-8/h7-8,10H,1-6H2. The van der Waals surface area contributed by atoms with Crippen LogP contribution in [0.4, 0.5) is 0 Å². The molecule has 70 valence electrons. The Labute approximate surface area is 72.1 Å². The summed E-state index contributed by atoms with van der Waals surface area (Å²) in [6.45, 7) is 4.38. The van der Waals surface area contributed by atoms with Crippen LogP contribution in [-0.2, 0) is 9.47 Å². The molecule has 12 heavy (non-hydrogen) atoms. The first-order valence-electron chi connectivity index (χ1n) is 4.44. The molecule has 0 aromatic heterocycles. The highest BCUT2D eigenvalue weighted by molar-refractivity contribution is 4.81. The van der Waals surface area contributed by atoms with Gasteiger partial charge in [-0.15, -0.1) is 0 Å². The summed E-state index contributed by atoms with van der Waals surface area (Å²) in [5.74, 6) is 0. The zero-order valence-electron chi connectivity index (χ0n) is 7.11. The van der Waals surface area contributed by atoms with Crippen molar-refractivity contribution in [2.24, 2.45) is 0 Å². The van der Waals surface area contributed by atoms with Gasteiger partial charge in [0.1, 0.15) is 0 Å². The van der Waals surface area contributed by atoms with Crippen molar-refractivity contribution in [2.45, 2.75) is 12.1 Å². The lowest BCUT2D eigenvalue weighted by molar-refractivity contribution is -0.0294. The van der Waals surface area contributed by atoms with Gasteiger partial charge in [0.05, 0.1) is 38.6 Å². The molecule has 2 atom stereocenters. The van der Waals surface area contributed by atoms with Crippen LogP contribution in [0.15, 0.2) is 0 Å². The van der Waals surface area contributed by atoms with E-state index < -0.39 is 0 Å². The SMILES string of the molecule is OCC1COCCN1CC1CO1. The molecule has 4 nitrogen and oxygen atoms in total. The number of morpholine rings is 1. The topological polar surface area (TPSA) is 45.2 Å². The van der Waals surface area contributed by atoms with Crippen molar-refractivity contribution in [2.75, 3.05) is 39.5 Å². The summed E-state index contributed by atoms with van der Waals surface area (Å²) < 4.78 is 10.4. The maximum absolute atomic E-state index is 9.03. The molecule has 2 aliphatic heterocycles. The Bertz CT molecular complexity index is 149. The smallest absolute Gasteiger partial charge is 0.0936 e. The Balaban J connectivity index is 1.81. The molecule has 0 aliphatic carbocycles. The zero-order valence-corrected chi connectivity index (χ0v) is 7.11. The summed E-state index contributed by atoms with van der Waals surface area (Å²) in [7, 11) is 0. The second-order valence-electron chi connectivity index (χ2n) is 3.36. The number of hydrogen-bond donors (Lipinski definition) is 1. The molecule has 0 aromatic carbocycles. The molecule has 4 heteroatoms. The third-order valence-electron chi connectivity index (χ3n) is 2.40. The molecule has 0 aromatic rings. The van der Waals surface area contributed by atoms with E-state index in [0.717, 1.165) is 26.3 Å². The van der Waals surface area contributed by atoms with Crippen molar-refractivity contribution in [3.8, 4) is 0 Å². The van der Waals surface area contributed by atoms with E-state index in [-0.39, 0.29) is 12.6 Å². The van der Waals surface area contributed by atoms with Crippen molar-refractivity contribution in [1.29, 1.82) is 0 Å². The minimum Gasteiger partial charge on any atom is -0.395 e. The van der Waals surface area contributed by atoms with Crippen molar-refractivity contribution < 1.29 is 14.6 Å². The molecule has 2 saturated heterocycles. The molecule has 2 rings (SSSR count). The van der Waals surface area contributed by atoms with E-state index in [0.29, 0.717) is 12.7 Å². The van der Waals surface area contributed by atoms with Gasteiger partial charge in [-0.3, -0.25) is 4.90 Å². The molecule has 0 bridgehead atoms. The van der Waals surface area contributed by atoms with E-state index >= 15 is 0 Å². The molecule has 2 fully saturated rings. The quantitative estimate of drug-likeness (QED) is 0.561. The van der Waals surface area contributed by atoms with Crippen LogP contribution >= 0.6 is 0 Å². The monoisotopic (exact) mass is 173 g/mol. The molecule has 2 unspecified atom stereocenters. The van der Waals surface area contributed by atoms with Crippen LogP contribution < -0.4 is 0 Å². The second-order valence-corrected chi connectivity index (χ2v) is 3.36. The van der Waals surface area contributed by atoms with Gasteiger partial charge in [0.2, 0.25) is 0 Å². The summed E-state index contributed by atoms with van der Waals surface area (Å²) >= 11 is 0. The number of rotatable bonds is 3. The van der Waals surface area contributed by atoms with Crippen LogP contribution in [0, 0.1) is 0 Å². The summed E-state index contributed by atoms with van der Waals surface area (Å²) in [6.07, 6.45) is 0.414. The molecule has 0 saturated carbocycles. The number of nitrogens with zero attached hydrogens (tertiary/aromatic N) is 1. The fourth-order valence-electron chi connectivity index (χ4n) is 1.53. The summed E-state index contributed by atoms with van der Waals surface area (Å²) in [6, 6.07) is 0.183. The van der Waals surface area contributed by atoms with E-state index in [1.54, 1.807) is 0 Å². The molecule has 0 radical (unpaired) electrons. The number of aliphatic hydroxyl groups excluding tert-OH is 1. The Morgan fingerprint density at radius 2 is 2.25 bits per heavy atom. The van der Waals surface area contributed by atoms with Crippen LogP contribution in [0.3, 0.4) is 0 Å². The predicted molar refractivity (Wildman–Crippen MR) is 43.0 cm³/mol. The minimum atomic E-state index is 0.183.